The minimum Gasteiger partial charge on any atom is -0.477 e. The van der Waals surface area contributed by atoms with E-state index < -0.39 is 29.7 Å². The Bertz CT molecular complexity index is 674. The largest absolute Gasteiger partial charge is 0.477 e. The first-order valence-electron chi connectivity index (χ1n) is 5.36. The Balaban J connectivity index is 2.56. The number of carbonyl (C=O) groups is 1. The zero-order valence-electron chi connectivity index (χ0n) is 9.64. The summed E-state index contributed by atoms with van der Waals surface area (Å²) in [5.74, 6) is -2.99. The maximum Gasteiger partial charge on any atom is 0.352 e. The van der Waals surface area contributed by atoms with E-state index in [0.29, 0.717) is 0 Å². The zero-order chi connectivity index (χ0) is 14.0. The van der Waals surface area contributed by atoms with Crippen LogP contribution in [0.5, 0.6) is 0 Å². The van der Waals surface area contributed by atoms with Gasteiger partial charge >= 0.3 is 5.97 Å². The third-order valence-electron chi connectivity index (χ3n) is 2.65. The lowest BCUT2D eigenvalue weighted by atomic mass is 10.2. The second-order valence-electron chi connectivity index (χ2n) is 3.84. The fourth-order valence-electron chi connectivity index (χ4n) is 1.71. The molecule has 6 heteroatoms. The summed E-state index contributed by atoms with van der Waals surface area (Å²) in [6.45, 7) is -0.472. The van der Waals surface area contributed by atoms with Crippen LogP contribution in [0, 0.1) is 11.6 Å². The van der Waals surface area contributed by atoms with Crippen molar-refractivity contribution in [1.82, 2.24) is 4.57 Å². The highest BCUT2D eigenvalue weighted by Crippen LogP contribution is 2.13. The third-order valence-corrected chi connectivity index (χ3v) is 2.65. The van der Waals surface area contributed by atoms with E-state index in [1.165, 1.54) is 18.2 Å². The third kappa shape index (κ3) is 2.52. The lowest BCUT2D eigenvalue weighted by Crippen LogP contribution is -2.26. The molecule has 2 rings (SSSR count). The van der Waals surface area contributed by atoms with Crippen molar-refractivity contribution in [2.45, 2.75) is 6.54 Å². The number of hydrogen-bond donors (Lipinski definition) is 1. The Morgan fingerprint density at radius 3 is 2.26 bits per heavy atom. The number of aromatic carboxylic acids is 1. The highest BCUT2D eigenvalue weighted by Gasteiger charge is 2.15. The Labute approximate surface area is 106 Å². The lowest BCUT2D eigenvalue weighted by molar-refractivity contribution is 0.0684. The van der Waals surface area contributed by atoms with Gasteiger partial charge in [-0.25, -0.2) is 13.6 Å². The number of benzene rings is 1. The van der Waals surface area contributed by atoms with Crippen LogP contribution < -0.4 is 5.56 Å². The van der Waals surface area contributed by atoms with E-state index in [-0.39, 0.29) is 11.3 Å². The van der Waals surface area contributed by atoms with Crippen molar-refractivity contribution in [3.05, 3.63) is 69.6 Å². The molecule has 0 atom stereocenters. The maximum absolute atomic E-state index is 13.5. The van der Waals surface area contributed by atoms with E-state index in [2.05, 4.69) is 0 Å². The van der Waals surface area contributed by atoms with Crippen molar-refractivity contribution in [2.75, 3.05) is 0 Å². The topological polar surface area (TPSA) is 59.3 Å². The molecule has 0 saturated carbocycles. The standard InChI is InChI=1S/C13H9F2NO3/c14-9-3-1-4-10(15)8(9)7-16-11(13(18)19)5-2-6-12(16)17/h1-6H,7H2,(H,18,19). The molecule has 19 heavy (non-hydrogen) atoms. The molecule has 0 bridgehead atoms. The average molecular weight is 265 g/mol. The molecule has 0 aliphatic rings. The normalized spacial score (nSPS) is 10.4. The van der Waals surface area contributed by atoms with Gasteiger partial charge in [-0.1, -0.05) is 12.1 Å². The SMILES string of the molecule is O=C(O)c1cccc(=O)n1Cc1c(F)cccc1F. The number of pyridine rings is 1. The summed E-state index contributed by atoms with van der Waals surface area (Å²) in [5, 5.41) is 8.96. The number of nitrogens with zero attached hydrogens (tertiary/aromatic N) is 1. The summed E-state index contributed by atoms with van der Waals surface area (Å²) in [5.41, 5.74) is -1.31. The van der Waals surface area contributed by atoms with Crippen LogP contribution in [0.3, 0.4) is 0 Å². The van der Waals surface area contributed by atoms with Gasteiger partial charge in [-0.2, -0.15) is 0 Å². The van der Waals surface area contributed by atoms with Gasteiger partial charge in [0.25, 0.3) is 5.56 Å². The molecule has 0 unspecified atom stereocenters. The number of hydrogen-bond acceptors (Lipinski definition) is 2. The van der Waals surface area contributed by atoms with E-state index in [4.69, 9.17) is 5.11 Å². The van der Waals surface area contributed by atoms with Crippen molar-refractivity contribution in [1.29, 1.82) is 0 Å². The number of aromatic nitrogens is 1. The van der Waals surface area contributed by atoms with Crippen molar-refractivity contribution < 1.29 is 18.7 Å². The second kappa shape index (κ2) is 5.01. The number of halogens is 2. The van der Waals surface area contributed by atoms with Gasteiger partial charge in [0.2, 0.25) is 0 Å². The zero-order valence-corrected chi connectivity index (χ0v) is 9.64. The van der Waals surface area contributed by atoms with Crippen LogP contribution in [0.4, 0.5) is 8.78 Å². The Kier molecular flexibility index (Phi) is 3.41. The summed E-state index contributed by atoms with van der Waals surface area (Å²) in [6, 6.07) is 6.90. The molecular formula is C13H9F2NO3. The molecule has 1 N–H and O–H groups in total. The summed E-state index contributed by atoms with van der Waals surface area (Å²) < 4.78 is 27.8. The van der Waals surface area contributed by atoms with Gasteiger partial charge in [0, 0.05) is 11.6 Å². The van der Waals surface area contributed by atoms with Crippen LogP contribution in [-0.4, -0.2) is 15.6 Å². The fourth-order valence-corrected chi connectivity index (χ4v) is 1.71. The van der Waals surface area contributed by atoms with Gasteiger partial charge in [0.1, 0.15) is 17.3 Å². The summed E-state index contributed by atoms with van der Waals surface area (Å²) in [4.78, 5) is 22.6. The minimum atomic E-state index is -1.34. The van der Waals surface area contributed by atoms with Crippen LogP contribution in [-0.2, 0) is 6.54 Å². The van der Waals surface area contributed by atoms with E-state index in [1.54, 1.807) is 0 Å². The van der Waals surface area contributed by atoms with E-state index >= 15 is 0 Å². The quantitative estimate of drug-likeness (QED) is 0.921. The van der Waals surface area contributed by atoms with E-state index in [9.17, 15) is 18.4 Å². The molecular weight excluding hydrogens is 256 g/mol. The van der Waals surface area contributed by atoms with Crippen molar-refractivity contribution in [3.8, 4) is 0 Å². The van der Waals surface area contributed by atoms with Gasteiger partial charge in [0.15, 0.2) is 0 Å². The van der Waals surface area contributed by atoms with Crippen molar-refractivity contribution in [2.24, 2.45) is 0 Å². The van der Waals surface area contributed by atoms with E-state index in [1.807, 2.05) is 0 Å². The summed E-state index contributed by atoms with van der Waals surface area (Å²) in [7, 11) is 0. The molecule has 0 aliphatic carbocycles. The molecule has 0 fully saturated rings. The second-order valence-corrected chi connectivity index (χ2v) is 3.84. The van der Waals surface area contributed by atoms with Gasteiger partial charge in [-0.15, -0.1) is 0 Å². The first-order valence-corrected chi connectivity index (χ1v) is 5.36. The van der Waals surface area contributed by atoms with E-state index in [0.717, 1.165) is 22.8 Å². The number of rotatable bonds is 3. The van der Waals surface area contributed by atoms with Crippen LogP contribution in [0.15, 0.2) is 41.2 Å². The van der Waals surface area contributed by atoms with Crippen LogP contribution in [0.1, 0.15) is 16.1 Å². The van der Waals surface area contributed by atoms with Gasteiger partial charge in [-0.05, 0) is 18.2 Å². The van der Waals surface area contributed by atoms with Gasteiger partial charge in [0.05, 0.1) is 6.54 Å². The van der Waals surface area contributed by atoms with Crippen LogP contribution >= 0.6 is 0 Å². The molecule has 1 aromatic carbocycles. The fraction of sp³-hybridized carbons (Fsp3) is 0.0769. The number of carboxylic acid groups (broad SMARTS) is 1. The Hall–Kier alpha value is -2.50. The monoisotopic (exact) mass is 265 g/mol. The molecule has 0 aliphatic heterocycles. The highest BCUT2D eigenvalue weighted by atomic mass is 19.1. The smallest absolute Gasteiger partial charge is 0.352 e. The lowest BCUT2D eigenvalue weighted by Gasteiger charge is -2.10. The molecule has 0 radical (unpaired) electrons. The van der Waals surface area contributed by atoms with Crippen LogP contribution in [0.25, 0.3) is 0 Å². The Morgan fingerprint density at radius 2 is 1.68 bits per heavy atom. The molecule has 4 nitrogen and oxygen atoms in total. The molecule has 2 aromatic rings. The van der Waals surface area contributed by atoms with Crippen LogP contribution in [0.2, 0.25) is 0 Å². The average Bonchev–Trinajstić information content (AvgIpc) is 2.35. The molecule has 98 valence electrons. The number of carboxylic acids is 1. The highest BCUT2D eigenvalue weighted by molar-refractivity contribution is 5.85. The predicted octanol–water partition coefficient (Wildman–Crippen LogP) is 1.87. The minimum absolute atomic E-state index is 0.324. The Morgan fingerprint density at radius 1 is 1.11 bits per heavy atom. The molecule has 1 heterocycles. The molecule has 0 saturated heterocycles. The molecule has 1 aromatic heterocycles. The summed E-state index contributed by atoms with van der Waals surface area (Å²) in [6.07, 6.45) is 0. The van der Waals surface area contributed by atoms with Crippen molar-refractivity contribution >= 4 is 5.97 Å². The van der Waals surface area contributed by atoms with Gasteiger partial charge < -0.3 is 5.11 Å². The predicted molar refractivity (Wildman–Crippen MR) is 63.1 cm³/mol. The first-order chi connectivity index (χ1) is 9.00. The summed E-state index contributed by atoms with van der Waals surface area (Å²) >= 11 is 0. The molecule has 0 amide bonds. The van der Waals surface area contributed by atoms with Gasteiger partial charge in [-0.3, -0.25) is 9.36 Å². The van der Waals surface area contributed by atoms with Crippen molar-refractivity contribution in [3.63, 3.8) is 0 Å². The molecule has 0 spiro atoms. The first kappa shape index (κ1) is 12.9. The maximum atomic E-state index is 13.5.